The molecule has 0 aromatic carbocycles. The molecule has 2 aliphatic rings. The number of fused-ring (bicyclic) bond motifs is 1. The summed E-state index contributed by atoms with van der Waals surface area (Å²) in [4.78, 5) is 15.3. The van der Waals surface area contributed by atoms with Gasteiger partial charge in [0.05, 0.1) is 6.04 Å². The van der Waals surface area contributed by atoms with Gasteiger partial charge in [-0.3, -0.25) is 9.69 Å². The second-order valence-corrected chi connectivity index (χ2v) is 6.50. The van der Waals surface area contributed by atoms with Crippen molar-refractivity contribution in [3.8, 4) is 0 Å². The number of thiophene rings is 1. The Labute approximate surface area is 118 Å². The SMILES string of the molecule is NCC(c1cccs1)N1CCC2NC(=O)CCC2C1. The fraction of sp³-hybridized carbons (Fsp3) is 0.643. The molecule has 3 atom stereocenters. The first-order valence-electron chi connectivity index (χ1n) is 7.05. The van der Waals surface area contributed by atoms with E-state index in [-0.39, 0.29) is 5.91 Å². The predicted molar refractivity (Wildman–Crippen MR) is 77.0 cm³/mol. The molecule has 3 unspecified atom stereocenters. The minimum atomic E-state index is 0.225. The lowest BCUT2D eigenvalue weighted by molar-refractivity contribution is -0.125. The van der Waals surface area contributed by atoms with E-state index in [1.165, 1.54) is 4.88 Å². The zero-order valence-electron chi connectivity index (χ0n) is 11.0. The molecule has 1 amide bonds. The molecule has 104 valence electrons. The molecular weight excluding hydrogens is 258 g/mol. The van der Waals surface area contributed by atoms with E-state index in [1.54, 1.807) is 11.3 Å². The summed E-state index contributed by atoms with van der Waals surface area (Å²) < 4.78 is 0. The highest BCUT2D eigenvalue weighted by molar-refractivity contribution is 7.10. The quantitative estimate of drug-likeness (QED) is 0.878. The van der Waals surface area contributed by atoms with Gasteiger partial charge in [-0.15, -0.1) is 11.3 Å². The van der Waals surface area contributed by atoms with Crippen LogP contribution < -0.4 is 11.1 Å². The van der Waals surface area contributed by atoms with Gasteiger partial charge in [0.2, 0.25) is 5.91 Å². The predicted octanol–water partition coefficient (Wildman–Crippen LogP) is 1.35. The van der Waals surface area contributed by atoms with E-state index >= 15 is 0 Å². The molecule has 0 bridgehead atoms. The van der Waals surface area contributed by atoms with Crippen LogP contribution in [0.5, 0.6) is 0 Å². The van der Waals surface area contributed by atoms with Crippen LogP contribution >= 0.6 is 11.3 Å². The molecule has 0 radical (unpaired) electrons. The number of nitrogens with one attached hydrogen (secondary N) is 1. The maximum atomic E-state index is 11.4. The lowest BCUT2D eigenvalue weighted by Crippen LogP contribution is -2.55. The molecule has 0 aliphatic carbocycles. The lowest BCUT2D eigenvalue weighted by Gasteiger charge is -2.44. The van der Waals surface area contributed by atoms with Crippen LogP contribution in [0.2, 0.25) is 0 Å². The summed E-state index contributed by atoms with van der Waals surface area (Å²) in [5.41, 5.74) is 5.98. The second kappa shape index (κ2) is 5.61. The Balaban J connectivity index is 1.68. The topological polar surface area (TPSA) is 58.4 Å². The summed E-state index contributed by atoms with van der Waals surface area (Å²) in [6.45, 7) is 2.76. The normalized spacial score (nSPS) is 29.6. The fourth-order valence-corrected chi connectivity index (χ4v) is 4.22. The van der Waals surface area contributed by atoms with Gasteiger partial charge in [-0.1, -0.05) is 6.07 Å². The van der Waals surface area contributed by atoms with Crippen molar-refractivity contribution < 1.29 is 4.79 Å². The van der Waals surface area contributed by atoms with Crippen molar-refractivity contribution in [2.45, 2.75) is 31.3 Å². The first-order chi connectivity index (χ1) is 9.28. The summed E-state index contributed by atoms with van der Waals surface area (Å²) in [6, 6.07) is 5.01. The molecule has 2 aliphatic heterocycles. The Hall–Kier alpha value is -0.910. The van der Waals surface area contributed by atoms with Crippen molar-refractivity contribution in [1.29, 1.82) is 0 Å². The van der Waals surface area contributed by atoms with E-state index in [4.69, 9.17) is 5.73 Å². The number of hydrogen-bond acceptors (Lipinski definition) is 4. The highest BCUT2D eigenvalue weighted by Gasteiger charge is 2.36. The molecule has 1 aromatic rings. The van der Waals surface area contributed by atoms with Gasteiger partial charge in [-0.2, -0.15) is 0 Å². The molecule has 3 N–H and O–H groups in total. The number of rotatable bonds is 3. The van der Waals surface area contributed by atoms with Crippen molar-refractivity contribution in [2.75, 3.05) is 19.6 Å². The number of carbonyl (C=O) groups is 1. The second-order valence-electron chi connectivity index (χ2n) is 5.52. The third kappa shape index (κ3) is 2.68. The number of nitrogens with two attached hydrogens (primary N) is 1. The fourth-order valence-electron chi connectivity index (χ4n) is 3.35. The van der Waals surface area contributed by atoms with Crippen LogP contribution in [0, 0.1) is 5.92 Å². The Bertz CT molecular complexity index is 434. The van der Waals surface area contributed by atoms with Crippen molar-refractivity contribution >= 4 is 17.2 Å². The van der Waals surface area contributed by atoms with E-state index in [0.717, 1.165) is 25.9 Å². The molecule has 2 saturated heterocycles. The van der Waals surface area contributed by atoms with Crippen molar-refractivity contribution in [1.82, 2.24) is 10.2 Å². The van der Waals surface area contributed by atoms with E-state index in [2.05, 4.69) is 27.7 Å². The van der Waals surface area contributed by atoms with Gasteiger partial charge in [-0.25, -0.2) is 0 Å². The largest absolute Gasteiger partial charge is 0.353 e. The van der Waals surface area contributed by atoms with E-state index < -0.39 is 0 Å². The number of nitrogens with zero attached hydrogens (tertiary/aromatic N) is 1. The molecule has 4 nitrogen and oxygen atoms in total. The van der Waals surface area contributed by atoms with Crippen LogP contribution in [-0.4, -0.2) is 36.5 Å². The molecular formula is C14H21N3OS. The van der Waals surface area contributed by atoms with Crippen molar-refractivity contribution in [3.63, 3.8) is 0 Å². The summed E-state index contributed by atoms with van der Waals surface area (Å²) >= 11 is 1.79. The van der Waals surface area contributed by atoms with Gasteiger partial charge in [0.25, 0.3) is 0 Å². The number of piperidine rings is 2. The minimum absolute atomic E-state index is 0.225. The standard InChI is InChI=1S/C14H21N3OS/c15-8-12(13-2-1-7-19-13)17-6-5-11-10(9-17)3-4-14(18)16-11/h1-2,7,10-12H,3-6,8-9,15H2,(H,16,18). The third-order valence-electron chi connectivity index (χ3n) is 4.39. The Morgan fingerprint density at radius 3 is 3.16 bits per heavy atom. The van der Waals surface area contributed by atoms with Crippen molar-refractivity contribution in [3.05, 3.63) is 22.4 Å². The number of hydrogen-bond donors (Lipinski definition) is 2. The van der Waals surface area contributed by atoms with Crippen LogP contribution in [0.25, 0.3) is 0 Å². The molecule has 3 heterocycles. The monoisotopic (exact) mass is 279 g/mol. The van der Waals surface area contributed by atoms with Gasteiger partial charge < -0.3 is 11.1 Å². The molecule has 2 fully saturated rings. The van der Waals surface area contributed by atoms with Gasteiger partial charge >= 0.3 is 0 Å². The van der Waals surface area contributed by atoms with Crippen LogP contribution in [0.4, 0.5) is 0 Å². The zero-order chi connectivity index (χ0) is 13.2. The van der Waals surface area contributed by atoms with Crippen LogP contribution in [0.3, 0.4) is 0 Å². The maximum Gasteiger partial charge on any atom is 0.220 e. The summed E-state index contributed by atoms with van der Waals surface area (Å²) in [7, 11) is 0. The van der Waals surface area contributed by atoms with Crippen LogP contribution in [0.1, 0.15) is 30.2 Å². The highest BCUT2D eigenvalue weighted by Crippen LogP contribution is 2.32. The third-order valence-corrected chi connectivity index (χ3v) is 5.36. The number of amides is 1. The Morgan fingerprint density at radius 2 is 2.42 bits per heavy atom. The van der Waals surface area contributed by atoms with Crippen molar-refractivity contribution in [2.24, 2.45) is 11.7 Å². The first-order valence-corrected chi connectivity index (χ1v) is 7.93. The average molecular weight is 279 g/mol. The molecule has 0 spiro atoms. The van der Waals surface area contributed by atoms with Gasteiger partial charge in [0.15, 0.2) is 0 Å². The van der Waals surface area contributed by atoms with E-state index in [9.17, 15) is 4.79 Å². The molecule has 5 heteroatoms. The smallest absolute Gasteiger partial charge is 0.220 e. The van der Waals surface area contributed by atoms with Gasteiger partial charge in [0, 0.05) is 37.0 Å². The molecule has 0 saturated carbocycles. The number of carbonyl (C=O) groups excluding carboxylic acids is 1. The first kappa shape index (κ1) is 13.1. The van der Waals surface area contributed by atoms with Gasteiger partial charge in [-0.05, 0) is 30.2 Å². The summed E-state index contributed by atoms with van der Waals surface area (Å²) in [5, 5.41) is 5.25. The molecule has 1 aromatic heterocycles. The maximum absolute atomic E-state index is 11.4. The minimum Gasteiger partial charge on any atom is -0.353 e. The molecule has 19 heavy (non-hydrogen) atoms. The summed E-state index contributed by atoms with van der Waals surface area (Å²) in [6.07, 6.45) is 2.76. The van der Waals surface area contributed by atoms with Gasteiger partial charge in [0.1, 0.15) is 0 Å². The number of likely N-dealkylation sites (tertiary alicyclic amines) is 1. The Morgan fingerprint density at radius 1 is 1.53 bits per heavy atom. The highest BCUT2D eigenvalue weighted by atomic mass is 32.1. The van der Waals surface area contributed by atoms with E-state index in [1.807, 2.05) is 0 Å². The molecule has 3 rings (SSSR count). The lowest BCUT2D eigenvalue weighted by atomic mass is 9.84. The average Bonchev–Trinajstić information content (AvgIpc) is 2.93. The Kier molecular flexibility index (Phi) is 3.86. The van der Waals surface area contributed by atoms with E-state index in [0.29, 0.717) is 31.0 Å². The zero-order valence-corrected chi connectivity index (χ0v) is 11.9. The van der Waals surface area contributed by atoms with Crippen LogP contribution in [-0.2, 0) is 4.79 Å². The van der Waals surface area contributed by atoms with Crippen LogP contribution in [0.15, 0.2) is 17.5 Å². The summed E-state index contributed by atoms with van der Waals surface area (Å²) in [5.74, 6) is 0.823.